The van der Waals surface area contributed by atoms with E-state index in [0.717, 1.165) is 0 Å². The van der Waals surface area contributed by atoms with E-state index in [9.17, 15) is 14.3 Å². The van der Waals surface area contributed by atoms with Gasteiger partial charge in [-0.25, -0.2) is 14.1 Å². The number of hydrogen-bond donors (Lipinski definition) is 1. The van der Waals surface area contributed by atoms with Gasteiger partial charge in [0, 0.05) is 23.7 Å². The molecule has 31 heavy (non-hydrogen) atoms. The van der Waals surface area contributed by atoms with Crippen molar-refractivity contribution in [2.24, 2.45) is 0 Å². The van der Waals surface area contributed by atoms with Gasteiger partial charge < -0.3 is 9.84 Å². The Morgan fingerprint density at radius 2 is 2.03 bits per heavy atom. The second-order valence-electron chi connectivity index (χ2n) is 7.88. The number of esters is 1. The minimum absolute atomic E-state index is 0.0853. The normalized spacial score (nSPS) is 21.2. The highest BCUT2D eigenvalue weighted by molar-refractivity contribution is 5.91. The van der Waals surface area contributed by atoms with E-state index in [1.807, 2.05) is 19.9 Å². The zero-order valence-corrected chi connectivity index (χ0v) is 17.5. The molecule has 2 aromatic heterocycles. The van der Waals surface area contributed by atoms with Crippen molar-refractivity contribution in [1.29, 1.82) is 0 Å². The van der Waals surface area contributed by atoms with Crippen molar-refractivity contribution < 1.29 is 19.0 Å². The smallest absolute Gasteiger partial charge is 0.323 e. The first-order chi connectivity index (χ1) is 14.9. The molecule has 1 fully saturated rings. The Morgan fingerprint density at radius 3 is 2.61 bits per heavy atom. The van der Waals surface area contributed by atoms with Crippen LogP contribution in [0.5, 0.6) is 0 Å². The van der Waals surface area contributed by atoms with Crippen LogP contribution in [0.4, 0.5) is 4.39 Å². The van der Waals surface area contributed by atoms with Crippen LogP contribution in [0.25, 0.3) is 17.1 Å². The zero-order valence-electron chi connectivity index (χ0n) is 17.5. The van der Waals surface area contributed by atoms with Crippen molar-refractivity contribution in [2.75, 3.05) is 6.61 Å². The number of cyclic esters (lactones) is 1. The van der Waals surface area contributed by atoms with E-state index >= 15 is 0 Å². The lowest BCUT2D eigenvalue weighted by molar-refractivity contribution is -0.160. The van der Waals surface area contributed by atoms with Crippen LogP contribution in [0, 0.1) is 5.82 Å². The molecule has 3 heterocycles. The Labute approximate surface area is 180 Å². The largest absolute Gasteiger partial charge is 0.465 e. The van der Waals surface area contributed by atoms with Crippen molar-refractivity contribution in [3.8, 4) is 17.1 Å². The zero-order chi connectivity index (χ0) is 22.2. The summed E-state index contributed by atoms with van der Waals surface area (Å²) in [5.74, 6) is -0.508. The molecule has 1 N–H and O–H groups in total. The van der Waals surface area contributed by atoms with E-state index in [1.165, 1.54) is 18.2 Å². The van der Waals surface area contributed by atoms with E-state index < -0.39 is 17.5 Å². The Kier molecular flexibility index (Phi) is 5.45. The van der Waals surface area contributed by atoms with Gasteiger partial charge in [0.25, 0.3) is 0 Å². The van der Waals surface area contributed by atoms with Gasteiger partial charge >= 0.3 is 5.97 Å². The number of ether oxygens (including phenoxy) is 1. The van der Waals surface area contributed by atoms with Gasteiger partial charge in [-0.2, -0.15) is 5.10 Å². The summed E-state index contributed by atoms with van der Waals surface area (Å²) in [5, 5.41) is 15.9. The molecule has 0 bridgehead atoms. The van der Waals surface area contributed by atoms with Crippen LogP contribution in [0.2, 0.25) is 0 Å². The number of benzene rings is 1. The minimum atomic E-state index is -1.51. The van der Waals surface area contributed by atoms with Crippen LogP contribution in [0.15, 0.2) is 61.3 Å². The fourth-order valence-electron chi connectivity index (χ4n) is 4.10. The Morgan fingerprint density at radius 1 is 1.29 bits per heavy atom. The molecular weight excluding hydrogens is 397 g/mol. The lowest BCUT2D eigenvalue weighted by Gasteiger charge is -2.38. The first-order valence-electron chi connectivity index (χ1n) is 10.2. The van der Waals surface area contributed by atoms with Gasteiger partial charge in [-0.3, -0.25) is 4.79 Å². The summed E-state index contributed by atoms with van der Waals surface area (Å²) < 4.78 is 20.7. The van der Waals surface area contributed by atoms with E-state index in [2.05, 4.69) is 11.6 Å². The number of aliphatic hydroxyl groups is 1. The van der Waals surface area contributed by atoms with Crippen LogP contribution in [0.3, 0.4) is 0 Å². The maximum absolute atomic E-state index is 13.7. The number of halogens is 1. The second-order valence-corrected chi connectivity index (χ2v) is 7.88. The van der Waals surface area contributed by atoms with Crippen molar-refractivity contribution in [2.45, 2.75) is 37.7 Å². The fourth-order valence-corrected chi connectivity index (χ4v) is 4.10. The van der Waals surface area contributed by atoms with Gasteiger partial charge in [-0.1, -0.05) is 26.0 Å². The number of nitrogens with zero attached hydrogens (tertiary/aromatic N) is 3. The predicted molar refractivity (Wildman–Crippen MR) is 114 cm³/mol. The molecule has 1 aliphatic rings. The Balaban J connectivity index is 2.13. The molecule has 1 saturated heterocycles. The molecule has 0 radical (unpaired) electrons. The summed E-state index contributed by atoms with van der Waals surface area (Å²) in [6, 6.07) is 11.4. The molecule has 4 rings (SSSR count). The SMILES string of the molecule is C=CC1(c2c(C(C)C)nn(-c3ccccn3)c2-c2ccc(F)cc2)C(=O)OCCC1O. The standard InChI is InChI=1S/C24H24FN3O3/c1-4-24(18(29)12-14-31-23(24)30)20-21(15(2)3)27-28(19-7-5-6-13-26-19)22(20)16-8-10-17(25)11-9-16/h4-11,13,15,18,29H,1,12,14H2,2-3H3. The molecule has 0 saturated carbocycles. The minimum Gasteiger partial charge on any atom is -0.465 e. The molecule has 0 spiro atoms. The highest BCUT2D eigenvalue weighted by Crippen LogP contribution is 2.45. The summed E-state index contributed by atoms with van der Waals surface area (Å²) in [6.45, 7) is 7.94. The van der Waals surface area contributed by atoms with Crippen molar-refractivity contribution in [3.05, 3.63) is 78.4 Å². The molecule has 0 aliphatic carbocycles. The molecular formula is C24H24FN3O3. The van der Waals surface area contributed by atoms with E-state index in [0.29, 0.717) is 28.3 Å². The molecule has 0 amide bonds. The van der Waals surface area contributed by atoms with Gasteiger partial charge in [0.2, 0.25) is 0 Å². The predicted octanol–water partition coefficient (Wildman–Crippen LogP) is 3.93. The Hall–Kier alpha value is -3.32. The third kappa shape index (κ3) is 3.35. The third-order valence-electron chi connectivity index (χ3n) is 5.67. The summed E-state index contributed by atoms with van der Waals surface area (Å²) in [4.78, 5) is 17.6. The number of carbonyl (C=O) groups excluding carboxylic acids is 1. The Bertz CT molecular complexity index is 1110. The van der Waals surface area contributed by atoms with Crippen molar-refractivity contribution >= 4 is 5.97 Å². The molecule has 7 heteroatoms. The number of rotatable bonds is 5. The number of aliphatic hydroxyl groups excluding tert-OH is 1. The second kappa shape index (κ2) is 8.07. The number of pyridine rings is 1. The van der Waals surface area contributed by atoms with Gasteiger partial charge in [-0.15, -0.1) is 6.58 Å². The monoisotopic (exact) mass is 421 g/mol. The summed E-state index contributed by atoms with van der Waals surface area (Å²) >= 11 is 0. The van der Waals surface area contributed by atoms with Gasteiger partial charge in [0.1, 0.15) is 11.2 Å². The van der Waals surface area contributed by atoms with Gasteiger partial charge in [0.15, 0.2) is 5.82 Å². The van der Waals surface area contributed by atoms with Crippen LogP contribution in [0.1, 0.15) is 37.4 Å². The quantitative estimate of drug-likeness (QED) is 0.499. The topological polar surface area (TPSA) is 77.2 Å². The molecule has 1 aromatic carbocycles. The van der Waals surface area contributed by atoms with Gasteiger partial charge in [0.05, 0.1) is 24.1 Å². The fraction of sp³-hybridized carbons (Fsp3) is 0.292. The molecule has 2 unspecified atom stereocenters. The highest BCUT2D eigenvalue weighted by atomic mass is 19.1. The van der Waals surface area contributed by atoms with Crippen LogP contribution in [-0.4, -0.2) is 38.6 Å². The maximum Gasteiger partial charge on any atom is 0.323 e. The van der Waals surface area contributed by atoms with Crippen molar-refractivity contribution in [1.82, 2.24) is 14.8 Å². The first kappa shape index (κ1) is 20.9. The van der Waals surface area contributed by atoms with Crippen LogP contribution < -0.4 is 0 Å². The summed E-state index contributed by atoms with van der Waals surface area (Å²) in [5.41, 5.74) is 0.789. The molecule has 160 valence electrons. The molecule has 3 aromatic rings. The number of hydrogen-bond acceptors (Lipinski definition) is 5. The molecule has 1 aliphatic heterocycles. The lowest BCUT2D eigenvalue weighted by atomic mass is 9.70. The van der Waals surface area contributed by atoms with E-state index in [4.69, 9.17) is 9.84 Å². The highest BCUT2D eigenvalue weighted by Gasteiger charge is 2.52. The summed E-state index contributed by atoms with van der Waals surface area (Å²) in [6.07, 6.45) is 2.32. The van der Waals surface area contributed by atoms with Crippen molar-refractivity contribution in [3.63, 3.8) is 0 Å². The average molecular weight is 421 g/mol. The average Bonchev–Trinajstić information content (AvgIpc) is 3.17. The third-order valence-corrected chi connectivity index (χ3v) is 5.67. The number of aromatic nitrogens is 3. The number of carbonyl (C=O) groups is 1. The lowest BCUT2D eigenvalue weighted by Crippen LogP contribution is -2.51. The van der Waals surface area contributed by atoms with Crippen LogP contribution >= 0.6 is 0 Å². The first-order valence-corrected chi connectivity index (χ1v) is 10.2. The summed E-state index contributed by atoms with van der Waals surface area (Å²) in [7, 11) is 0. The molecule has 2 atom stereocenters. The maximum atomic E-state index is 13.7. The van der Waals surface area contributed by atoms with Gasteiger partial charge in [-0.05, 0) is 42.3 Å². The molecule has 6 nitrogen and oxygen atoms in total. The van der Waals surface area contributed by atoms with Crippen LogP contribution in [-0.2, 0) is 14.9 Å². The van der Waals surface area contributed by atoms with E-state index in [1.54, 1.807) is 35.1 Å². The van der Waals surface area contributed by atoms with E-state index in [-0.39, 0.29) is 24.8 Å².